The second-order valence-electron chi connectivity index (χ2n) is 4.75. The molecule has 0 aliphatic heterocycles. The van der Waals surface area contributed by atoms with Gasteiger partial charge in [-0.05, 0) is 88.0 Å². The highest BCUT2D eigenvalue weighted by molar-refractivity contribution is 9.11. The molecule has 0 saturated heterocycles. The van der Waals surface area contributed by atoms with Crippen LogP contribution in [0.25, 0.3) is 0 Å². The fourth-order valence-electron chi connectivity index (χ4n) is 1.91. The highest BCUT2D eigenvalue weighted by Crippen LogP contribution is 2.42. The molecule has 0 unspecified atom stereocenters. The molecule has 2 aromatic carbocycles. The molecule has 28 heavy (non-hydrogen) atoms. The number of halogens is 4. The zero-order valence-electron chi connectivity index (χ0n) is 13.0. The summed E-state index contributed by atoms with van der Waals surface area (Å²) in [5.41, 5.74) is -0.00131. The van der Waals surface area contributed by atoms with Crippen molar-refractivity contribution in [2.75, 3.05) is 10.3 Å². The van der Waals surface area contributed by atoms with Crippen molar-refractivity contribution < 1.29 is 38.0 Å². The van der Waals surface area contributed by atoms with Crippen LogP contribution in [0.1, 0.15) is 0 Å². The van der Waals surface area contributed by atoms with Crippen LogP contribution < -0.4 is 10.3 Å². The SMILES string of the molecule is O=S(=O)(O)c1cc(Br)c(N(O)N(O)c2c(Br)cc(SOOO)cc2Br)c(Br)c1. The smallest absolute Gasteiger partial charge is 0.282 e. The minimum atomic E-state index is -4.48. The van der Waals surface area contributed by atoms with Gasteiger partial charge in [-0.1, -0.05) is 5.04 Å². The molecule has 2 rings (SSSR count). The molecule has 10 nitrogen and oxygen atoms in total. The minimum Gasteiger partial charge on any atom is -0.282 e. The van der Waals surface area contributed by atoms with Crippen LogP contribution >= 0.6 is 75.8 Å². The lowest BCUT2D eigenvalue weighted by molar-refractivity contribution is -0.432. The number of hydrogen-bond acceptors (Lipinski definition) is 10. The highest BCUT2D eigenvalue weighted by Gasteiger charge is 2.25. The Kier molecular flexibility index (Phi) is 8.58. The van der Waals surface area contributed by atoms with Gasteiger partial charge in [-0.25, -0.2) is 5.26 Å². The molecular weight excluding hydrogens is 684 g/mol. The third-order valence-electron chi connectivity index (χ3n) is 3.02. The molecule has 0 aliphatic carbocycles. The lowest BCUT2D eigenvalue weighted by Gasteiger charge is -2.29. The average Bonchev–Trinajstić information content (AvgIpc) is 2.57. The van der Waals surface area contributed by atoms with Crippen molar-refractivity contribution in [2.45, 2.75) is 9.79 Å². The molecule has 0 aromatic heterocycles. The Hall–Kier alpha value is 0.0200. The zero-order chi connectivity index (χ0) is 21.2. The van der Waals surface area contributed by atoms with Gasteiger partial charge in [-0.2, -0.15) is 8.42 Å². The molecule has 0 aliphatic rings. The van der Waals surface area contributed by atoms with Gasteiger partial charge in [0.25, 0.3) is 10.1 Å². The fraction of sp³-hybridized carbons (Fsp3) is 0. The van der Waals surface area contributed by atoms with Gasteiger partial charge in [0.15, 0.2) is 0 Å². The van der Waals surface area contributed by atoms with Crippen LogP contribution in [0.3, 0.4) is 0 Å². The minimum absolute atomic E-state index is 0.0453. The van der Waals surface area contributed by atoms with Crippen LogP contribution in [-0.4, -0.2) is 28.6 Å². The molecule has 4 N–H and O–H groups in total. The monoisotopic (exact) mass is 688 g/mol. The lowest BCUT2D eigenvalue weighted by atomic mass is 10.3. The van der Waals surface area contributed by atoms with Crippen LogP contribution in [0.5, 0.6) is 0 Å². The van der Waals surface area contributed by atoms with Crippen molar-refractivity contribution in [1.82, 2.24) is 0 Å². The largest absolute Gasteiger partial charge is 0.294 e. The molecule has 154 valence electrons. The molecule has 0 bridgehead atoms. The summed E-state index contributed by atoms with van der Waals surface area (Å²) in [5, 5.41) is 33.4. The van der Waals surface area contributed by atoms with E-state index in [1.165, 1.54) is 12.1 Å². The first-order valence-corrected chi connectivity index (χ1v) is 11.9. The van der Waals surface area contributed by atoms with Crippen LogP contribution in [0.4, 0.5) is 11.4 Å². The van der Waals surface area contributed by atoms with E-state index in [0.717, 1.165) is 12.1 Å². The maximum absolute atomic E-state index is 11.3. The van der Waals surface area contributed by atoms with Crippen molar-refractivity contribution in [3.63, 3.8) is 0 Å². The van der Waals surface area contributed by atoms with Crippen LogP contribution in [-0.2, 0) is 19.5 Å². The summed E-state index contributed by atoms with van der Waals surface area (Å²) in [6.07, 6.45) is 0. The quantitative estimate of drug-likeness (QED) is 0.128. The van der Waals surface area contributed by atoms with Gasteiger partial charge in [0, 0.05) is 22.8 Å². The number of anilines is 2. The van der Waals surface area contributed by atoms with E-state index in [1.807, 2.05) is 0 Å². The van der Waals surface area contributed by atoms with Crippen molar-refractivity contribution in [3.05, 3.63) is 42.2 Å². The summed E-state index contributed by atoms with van der Waals surface area (Å²) >= 11 is 13.3. The summed E-state index contributed by atoms with van der Waals surface area (Å²) in [6, 6.07) is 5.07. The predicted molar refractivity (Wildman–Crippen MR) is 113 cm³/mol. The van der Waals surface area contributed by atoms with Gasteiger partial charge in [0.05, 0.1) is 16.9 Å². The van der Waals surface area contributed by atoms with Crippen LogP contribution in [0.15, 0.2) is 51.9 Å². The Morgan fingerprint density at radius 3 is 1.61 bits per heavy atom. The summed E-state index contributed by atoms with van der Waals surface area (Å²) in [6.45, 7) is 0. The van der Waals surface area contributed by atoms with Gasteiger partial charge >= 0.3 is 0 Å². The number of rotatable bonds is 7. The molecule has 16 heteroatoms. The van der Waals surface area contributed by atoms with E-state index in [2.05, 4.69) is 73.1 Å². The molecule has 0 spiro atoms. The van der Waals surface area contributed by atoms with Crippen LogP contribution in [0, 0.1) is 0 Å². The van der Waals surface area contributed by atoms with E-state index in [4.69, 9.17) is 9.81 Å². The van der Waals surface area contributed by atoms with Crippen molar-refractivity contribution in [3.8, 4) is 0 Å². The average molecular weight is 692 g/mol. The van der Waals surface area contributed by atoms with E-state index < -0.39 is 15.0 Å². The molecule has 0 fully saturated rings. The second-order valence-corrected chi connectivity index (χ2v) is 10.4. The van der Waals surface area contributed by atoms with Crippen LogP contribution in [0.2, 0.25) is 0 Å². The molecule has 0 saturated carbocycles. The predicted octanol–water partition coefficient (Wildman–Crippen LogP) is 5.42. The van der Waals surface area contributed by atoms with Gasteiger partial charge in [0.1, 0.15) is 11.4 Å². The van der Waals surface area contributed by atoms with Gasteiger partial charge < -0.3 is 0 Å². The van der Waals surface area contributed by atoms with E-state index in [-0.39, 0.29) is 20.3 Å². The molecule has 0 heterocycles. The number of hydrogen-bond donors (Lipinski definition) is 4. The Bertz CT molecular complexity index is 948. The summed E-state index contributed by atoms with van der Waals surface area (Å²) in [5.74, 6) is 0. The Balaban J connectivity index is 2.44. The maximum Gasteiger partial charge on any atom is 0.294 e. The van der Waals surface area contributed by atoms with Crippen molar-refractivity contribution in [2.24, 2.45) is 0 Å². The summed E-state index contributed by atoms with van der Waals surface area (Å²) < 4.78 is 36.8. The van der Waals surface area contributed by atoms with E-state index in [1.54, 1.807) is 0 Å². The van der Waals surface area contributed by atoms with E-state index in [0.29, 0.717) is 36.2 Å². The highest BCUT2D eigenvalue weighted by atomic mass is 79.9. The van der Waals surface area contributed by atoms with Gasteiger partial charge in [-0.15, -0.1) is 14.7 Å². The molecule has 0 atom stereocenters. The summed E-state index contributed by atoms with van der Waals surface area (Å²) in [4.78, 5) is 0.0389. The summed E-state index contributed by atoms with van der Waals surface area (Å²) in [7, 11) is -4.48. The third-order valence-corrected chi connectivity index (χ3v) is 6.83. The molecule has 0 radical (unpaired) electrons. The van der Waals surface area contributed by atoms with Gasteiger partial charge in [0.2, 0.25) is 0 Å². The van der Waals surface area contributed by atoms with E-state index in [9.17, 15) is 18.8 Å². The lowest BCUT2D eigenvalue weighted by Crippen LogP contribution is -2.39. The Morgan fingerprint density at radius 2 is 1.25 bits per heavy atom. The number of benzene rings is 2. The van der Waals surface area contributed by atoms with Crippen molar-refractivity contribution >= 4 is 97.3 Å². The first-order chi connectivity index (χ1) is 13.0. The Labute approximate surface area is 196 Å². The maximum atomic E-state index is 11.3. The third kappa shape index (κ3) is 5.58. The molecule has 0 amide bonds. The zero-order valence-corrected chi connectivity index (χ0v) is 20.9. The first-order valence-electron chi connectivity index (χ1n) is 6.55. The van der Waals surface area contributed by atoms with E-state index >= 15 is 0 Å². The first kappa shape index (κ1) is 24.3. The topological polar surface area (TPSA) is 140 Å². The number of hydrazine groups is 1. The van der Waals surface area contributed by atoms with Gasteiger partial charge in [-0.3, -0.25) is 15.0 Å². The fourth-order valence-corrected chi connectivity index (χ4v) is 6.50. The Morgan fingerprint density at radius 1 is 0.857 bits per heavy atom. The number of nitrogens with zero attached hydrogens (tertiary/aromatic N) is 2. The standard InChI is InChI=1S/C12H8Br4N2O8S2/c13-7-1-5(27-26-25-21)2-8(14)11(7)17(19)18(20)12-9(15)3-6(4-10(12)16)28(22,23)24/h1-4,19-21H,(H,22,23,24). The normalized spacial score (nSPS) is 11.6. The molecular formula is C12H8Br4N2O8S2. The van der Waals surface area contributed by atoms with Crippen molar-refractivity contribution in [1.29, 1.82) is 0 Å². The molecule has 2 aromatic rings. The second kappa shape index (κ2) is 9.88.